The standard InChI is InChI=1S/C12H22O2/c1-3-10-14-12(2)8-5-4-6-11(12)7-9-13/h9,11H,3-8,10H2,1-2H3. The normalized spacial score (nSPS) is 32.9. The van der Waals surface area contributed by atoms with E-state index < -0.39 is 0 Å². The van der Waals surface area contributed by atoms with E-state index >= 15 is 0 Å². The number of hydrogen-bond donors (Lipinski definition) is 0. The van der Waals surface area contributed by atoms with Crippen LogP contribution in [0.1, 0.15) is 52.4 Å². The van der Waals surface area contributed by atoms with Crippen LogP contribution in [0.2, 0.25) is 0 Å². The Balaban J connectivity index is 2.53. The number of carbonyl (C=O) groups excluding carboxylic acids is 1. The molecule has 0 heterocycles. The van der Waals surface area contributed by atoms with Crippen molar-refractivity contribution in [2.75, 3.05) is 6.61 Å². The van der Waals surface area contributed by atoms with Crippen LogP contribution in [-0.2, 0) is 9.53 Å². The molecule has 1 rings (SSSR count). The van der Waals surface area contributed by atoms with E-state index in [1.807, 2.05) is 0 Å². The van der Waals surface area contributed by atoms with Gasteiger partial charge in [-0.05, 0) is 32.1 Å². The number of ether oxygens (including phenoxy) is 1. The second-order valence-electron chi connectivity index (χ2n) is 4.51. The predicted molar refractivity (Wildman–Crippen MR) is 57.3 cm³/mol. The van der Waals surface area contributed by atoms with Crippen LogP contribution < -0.4 is 0 Å². The molecule has 2 atom stereocenters. The maximum absolute atomic E-state index is 10.6. The molecule has 0 amide bonds. The fourth-order valence-electron chi connectivity index (χ4n) is 2.38. The minimum atomic E-state index is -0.0326. The van der Waals surface area contributed by atoms with E-state index in [-0.39, 0.29) is 5.60 Å². The highest BCUT2D eigenvalue weighted by Gasteiger charge is 2.36. The van der Waals surface area contributed by atoms with Gasteiger partial charge in [0.1, 0.15) is 6.29 Å². The molecule has 14 heavy (non-hydrogen) atoms. The van der Waals surface area contributed by atoms with Gasteiger partial charge in [0.15, 0.2) is 0 Å². The third kappa shape index (κ3) is 2.81. The summed E-state index contributed by atoms with van der Waals surface area (Å²) in [5.74, 6) is 0.445. The number of rotatable bonds is 5. The van der Waals surface area contributed by atoms with Crippen LogP contribution in [0, 0.1) is 5.92 Å². The first-order valence-corrected chi connectivity index (χ1v) is 5.80. The fraction of sp³-hybridized carbons (Fsp3) is 0.917. The van der Waals surface area contributed by atoms with Gasteiger partial charge in [0.2, 0.25) is 0 Å². The molecule has 0 spiro atoms. The van der Waals surface area contributed by atoms with Crippen LogP contribution in [0.5, 0.6) is 0 Å². The Hall–Kier alpha value is -0.370. The SMILES string of the molecule is CCCOC1(C)CCCCC1CC=O. The van der Waals surface area contributed by atoms with Gasteiger partial charge in [0.05, 0.1) is 5.60 Å². The van der Waals surface area contributed by atoms with Crippen molar-refractivity contribution in [2.24, 2.45) is 5.92 Å². The van der Waals surface area contributed by atoms with E-state index in [1.165, 1.54) is 12.8 Å². The van der Waals surface area contributed by atoms with Crippen LogP contribution >= 0.6 is 0 Å². The largest absolute Gasteiger partial charge is 0.375 e. The first-order chi connectivity index (χ1) is 6.73. The lowest BCUT2D eigenvalue weighted by atomic mass is 9.75. The summed E-state index contributed by atoms with van der Waals surface area (Å²) >= 11 is 0. The summed E-state index contributed by atoms with van der Waals surface area (Å²) in [7, 11) is 0. The van der Waals surface area contributed by atoms with E-state index in [4.69, 9.17) is 4.74 Å². The Kier molecular flexibility index (Phi) is 4.59. The Morgan fingerprint density at radius 1 is 1.50 bits per heavy atom. The highest BCUT2D eigenvalue weighted by molar-refractivity contribution is 5.50. The lowest BCUT2D eigenvalue weighted by Crippen LogP contribution is -2.41. The molecule has 2 nitrogen and oxygen atoms in total. The molecule has 0 saturated heterocycles. The average molecular weight is 198 g/mol. The van der Waals surface area contributed by atoms with Gasteiger partial charge in [-0.15, -0.1) is 0 Å². The zero-order valence-electron chi connectivity index (χ0n) is 9.42. The van der Waals surface area contributed by atoms with Crippen molar-refractivity contribution in [2.45, 2.75) is 58.0 Å². The Morgan fingerprint density at radius 3 is 2.93 bits per heavy atom. The van der Waals surface area contributed by atoms with Gasteiger partial charge in [-0.25, -0.2) is 0 Å². The second-order valence-corrected chi connectivity index (χ2v) is 4.51. The highest BCUT2D eigenvalue weighted by Crippen LogP contribution is 2.38. The zero-order valence-corrected chi connectivity index (χ0v) is 9.42. The first-order valence-electron chi connectivity index (χ1n) is 5.80. The first kappa shape index (κ1) is 11.7. The van der Waals surface area contributed by atoms with Gasteiger partial charge < -0.3 is 9.53 Å². The van der Waals surface area contributed by atoms with Crippen molar-refractivity contribution >= 4 is 6.29 Å². The summed E-state index contributed by atoms with van der Waals surface area (Å²) in [6, 6.07) is 0. The van der Waals surface area contributed by atoms with Crippen LogP contribution in [0.15, 0.2) is 0 Å². The molecule has 1 aliphatic carbocycles. The Bertz CT molecular complexity index is 179. The van der Waals surface area contributed by atoms with E-state index in [0.717, 1.165) is 32.2 Å². The maximum Gasteiger partial charge on any atom is 0.120 e. The van der Waals surface area contributed by atoms with Crippen molar-refractivity contribution in [3.05, 3.63) is 0 Å². The lowest BCUT2D eigenvalue weighted by molar-refractivity contribution is -0.119. The smallest absolute Gasteiger partial charge is 0.120 e. The number of hydrogen-bond acceptors (Lipinski definition) is 2. The maximum atomic E-state index is 10.6. The van der Waals surface area contributed by atoms with Crippen LogP contribution in [0.25, 0.3) is 0 Å². The molecule has 2 heteroatoms. The summed E-state index contributed by atoms with van der Waals surface area (Å²) in [6.45, 7) is 5.13. The molecule has 0 aromatic rings. The zero-order chi connectivity index (χ0) is 10.4. The van der Waals surface area contributed by atoms with Crippen LogP contribution in [0.4, 0.5) is 0 Å². The monoisotopic (exact) mass is 198 g/mol. The molecule has 0 N–H and O–H groups in total. The van der Waals surface area contributed by atoms with Gasteiger partial charge in [0.25, 0.3) is 0 Å². The number of aldehydes is 1. The third-order valence-corrected chi connectivity index (χ3v) is 3.36. The van der Waals surface area contributed by atoms with Crippen LogP contribution in [0.3, 0.4) is 0 Å². The van der Waals surface area contributed by atoms with Crippen molar-refractivity contribution < 1.29 is 9.53 Å². The molecule has 82 valence electrons. The van der Waals surface area contributed by atoms with Crippen molar-refractivity contribution in [1.82, 2.24) is 0 Å². The molecule has 0 aromatic heterocycles. The fourth-order valence-corrected chi connectivity index (χ4v) is 2.38. The van der Waals surface area contributed by atoms with Gasteiger partial charge in [0, 0.05) is 13.0 Å². The predicted octanol–water partition coefficient (Wildman–Crippen LogP) is 2.95. The molecule has 1 fully saturated rings. The highest BCUT2D eigenvalue weighted by atomic mass is 16.5. The minimum Gasteiger partial charge on any atom is -0.375 e. The lowest BCUT2D eigenvalue weighted by Gasteiger charge is -2.40. The molecule has 0 aromatic carbocycles. The summed E-state index contributed by atoms with van der Waals surface area (Å²) in [5, 5.41) is 0. The summed E-state index contributed by atoms with van der Waals surface area (Å²) < 4.78 is 5.93. The molecule has 0 radical (unpaired) electrons. The van der Waals surface area contributed by atoms with Gasteiger partial charge in [-0.1, -0.05) is 19.8 Å². The molecular weight excluding hydrogens is 176 g/mol. The second kappa shape index (κ2) is 5.50. The summed E-state index contributed by atoms with van der Waals surface area (Å²) in [5.41, 5.74) is -0.0326. The van der Waals surface area contributed by atoms with Crippen molar-refractivity contribution in [1.29, 1.82) is 0 Å². The Labute approximate surface area is 87.0 Å². The summed E-state index contributed by atoms with van der Waals surface area (Å²) in [4.78, 5) is 10.6. The van der Waals surface area contributed by atoms with Gasteiger partial charge in [-0.2, -0.15) is 0 Å². The van der Waals surface area contributed by atoms with E-state index in [9.17, 15) is 4.79 Å². The van der Waals surface area contributed by atoms with E-state index in [0.29, 0.717) is 12.3 Å². The molecule has 2 unspecified atom stereocenters. The topological polar surface area (TPSA) is 26.3 Å². The molecule has 1 saturated carbocycles. The molecular formula is C12H22O2. The minimum absolute atomic E-state index is 0.0326. The summed E-state index contributed by atoms with van der Waals surface area (Å²) in [6.07, 6.45) is 7.54. The Morgan fingerprint density at radius 2 is 2.29 bits per heavy atom. The average Bonchev–Trinajstić information content (AvgIpc) is 2.19. The van der Waals surface area contributed by atoms with E-state index in [2.05, 4.69) is 13.8 Å². The van der Waals surface area contributed by atoms with Crippen molar-refractivity contribution in [3.63, 3.8) is 0 Å². The molecule has 1 aliphatic rings. The van der Waals surface area contributed by atoms with Gasteiger partial charge in [-0.3, -0.25) is 0 Å². The van der Waals surface area contributed by atoms with Crippen molar-refractivity contribution in [3.8, 4) is 0 Å². The quantitative estimate of drug-likeness (QED) is 0.635. The number of carbonyl (C=O) groups is 1. The molecule has 0 bridgehead atoms. The molecule has 0 aliphatic heterocycles. The van der Waals surface area contributed by atoms with Crippen LogP contribution in [-0.4, -0.2) is 18.5 Å². The van der Waals surface area contributed by atoms with E-state index in [1.54, 1.807) is 0 Å². The van der Waals surface area contributed by atoms with Gasteiger partial charge >= 0.3 is 0 Å². The third-order valence-electron chi connectivity index (χ3n) is 3.36.